The number of hydrogen-bond donors (Lipinski definition) is 1. The van der Waals surface area contributed by atoms with E-state index in [0.717, 1.165) is 23.1 Å². The molecule has 0 saturated heterocycles. The third-order valence-electron chi connectivity index (χ3n) is 6.51. The zero-order valence-electron chi connectivity index (χ0n) is 22.5. The van der Waals surface area contributed by atoms with Crippen LogP contribution >= 0.6 is 0 Å². The van der Waals surface area contributed by atoms with Crippen molar-refractivity contribution in [2.45, 2.75) is 78.9 Å². The molecule has 0 aromatic heterocycles. The zero-order chi connectivity index (χ0) is 26.9. The third kappa shape index (κ3) is 8.36. The van der Waals surface area contributed by atoms with E-state index in [1.807, 2.05) is 77.1 Å². The van der Waals surface area contributed by atoms with E-state index in [-0.39, 0.29) is 30.8 Å². The van der Waals surface area contributed by atoms with Crippen molar-refractivity contribution in [3.63, 3.8) is 0 Å². The van der Waals surface area contributed by atoms with Crippen LogP contribution in [0.25, 0.3) is 0 Å². The summed E-state index contributed by atoms with van der Waals surface area (Å²) >= 11 is 0. The Hall–Kier alpha value is -2.87. The number of carbonyl (C=O) groups excluding carboxylic acids is 2. The number of sulfonamides is 1. The van der Waals surface area contributed by atoms with Gasteiger partial charge in [0.05, 0.1) is 11.9 Å². The molecule has 0 saturated carbocycles. The molecule has 0 bridgehead atoms. The fourth-order valence-electron chi connectivity index (χ4n) is 4.03. The lowest BCUT2D eigenvalue weighted by molar-refractivity contribution is -0.141. The summed E-state index contributed by atoms with van der Waals surface area (Å²) < 4.78 is 26.4. The molecule has 0 radical (unpaired) electrons. The second-order valence-corrected chi connectivity index (χ2v) is 11.4. The monoisotopic (exact) mass is 515 g/mol. The van der Waals surface area contributed by atoms with Crippen LogP contribution < -0.4 is 9.62 Å². The van der Waals surface area contributed by atoms with Gasteiger partial charge in [-0.25, -0.2) is 8.42 Å². The van der Waals surface area contributed by atoms with Crippen LogP contribution in [0.3, 0.4) is 0 Å². The topological polar surface area (TPSA) is 86.8 Å². The minimum absolute atomic E-state index is 0.0153. The molecule has 2 rings (SSSR count). The molecule has 2 aromatic carbocycles. The summed E-state index contributed by atoms with van der Waals surface area (Å²) in [5.41, 5.74) is 3.62. The number of benzene rings is 2. The Morgan fingerprint density at radius 3 is 2.19 bits per heavy atom. The van der Waals surface area contributed by atoms with E-state index in [0.29, 0.717) is 25.1 Å². The van der Waals surface area contributed by atoms with Gasteiger partial charge in [0.2, 0.25) is 21.8 Å². The van der Waals surface area contributed by atoms with Gasteiger partial charge in [-0.15, -0.1) is 0 Å². The smallest absolute Gasteiger partial charge is 0.243 e. The third-order valence-corrected chi connectivity index (χ3v) is 7.71. The maximum absolute atomic E-state index is 13.5. The lowest BCUT2D eigenvalue weighted by Gasteiger charge is -2.32. The maximum Gasteiger partial charge on any atom is 0.243 e. The van der Waals surface area contributed by atoms with Gasteiger partial charge in [0, 0.05) is 25.6 Å². The molecule has 0 aliphatic heterocycles. The Balaban J connectivity index is 2.21. The van der Waals surface area contributed by atoms with Crippen molar-refractivity contribution in [3.8, 4) is 0 Å². The van der Waals surface area contributed by atoms with Crippen LogP contribution in [0.15, 0.2) is 48.5 Å². The van der Waals surface area contributed by atoms with Gasteiger partial charge in [0.15, 0.2) is 0 Å². The normalized spacial score (nSPS) is 13.1. The average molecular weight is 516 g/mol. The van der Waals surface area contributed by atoms with Gasteiger partial charge in [0.25, 0.3) is 0 Å². The minimum atomic E-state index is -3.52. The molecule has 0 spiro atoms. The maximum atomic E-state index is 13.5. The number of nitrogens with zero attached hydrogens (tertiary/aromatic N) is 2. The van der Waals surface area contributed by atoms with Crippen LogP contribution in [0.2, 0.25) is 0 Å². The highest BCUT2D eigenvalue weighted by atomic mass is 32.2. The summed E-state index contributed by atoms with van der Waals surface area (Å²) in [4.78, 5) is 28.1. The van der Waals surface area contributed by atoms with E-state index in [9.17, 15) is 18.0 Å². The Bertz CT molecular complexity index is 1120. The fraction of sp³-hybridized carbons (Fsp3) is 0.500. The highest BCUT2D eigenvalue weighted by Crippen LogP contribution is 2.22. The molecule has 0 heterocycles. The van der Waals surface area contributed by atoms with E-state index >= 15 is 0 Å². The summed E-state index contributed by atoms with van der Waals surface area (Å²) in [7, 11) is -3.52. The van der Waals surface area contributed by atoms with Gasteiger partial charge in [-0.2, -0.15) is 0 Å². The Kier molecular flexibility index (Phi) is 11.0. The molecule has 7 nitrogen and oxygen atoms in total. The highest BCUT2D eigenvalue weighted by Gasteiger charge is 2.29. The summed E-state index contributed by atoms with van der Waals surface area (Å²) in [5, 5.41) is 3.01. The molecular formula is C28H41N3O4S. The predicted molar refractivity (Wildman–Crippen MR) is 146 cm³/mol. The molecular weight excluding hydrogens is 474 g/mol. The summed E-state index contributed by atoms with van der Waals surface area (Å²) in [6.45, 7) is 10.3. The standard InChI is InChI=1S/C28H41N3O4S/c1-7-23(5)29-28(33)26(8-2)30(20-24-13-10-9-11-14-24)27(32)15-12-18-31(36(6,34)35)25-17-16-21(3)22(4)19-25/h9-11,13-14,16-17,19,23,26H,7-8,12,15,18,20H2,1-6H3,(H,29,33). The van der Waals surface area contributed by atoms with E-state index in [1.165, 1.54) is 10.6 Å². The van der Waals surface area contributed by atoms with Gasteiger partial charge >= 0.3 is 0 Å². The van der Waals surface area contributed by atoms with Crippen molar-refractivity contribution in [1.29, 1.82) is 0 Å². The van der Waals surface area contributed by atoms with Gasteiger partial charge in [-0.3, -0.25) is 13.9 Å². The zero-order valence-corrected chi connectivity index (χ0v) is 23.3. The number of nitrogens with one attached hydrogen (secondary N) is 1. The average Bonchev–Trinajstić information content (AvgIpc) is 2.83. The molecule has 8 heteroatoms. The molecule has 198 valence electrons. The van der Waals surface area contributed by atoms with Crippen molar-refractivity contribution in [1.82, 2.24) is 10.2 Å². The van der Waals surface area contributed by atoms with Crippen molar-refractivity contribution < 1.29 is 18.0 Å². The largest absolute Gasteiger partial charge is 0.352 e. The second kappa shape index (κ2) is 13.4. The fourth-order valence-corrected chi connectivity index (χ4v) is 4.98. The molecule has 2 aromatic rings. The number of hydrogen-bond acceptors (Lipinski definition) is 4. The molecule has 1 N–H and O–H groups in total. The van der Waals surface area contributed by atoms with Crippen LogP contribution in [0, 0.1) is 13.8 Å². The number of anilines is 1. The molecule has 0 aliphatic rings. The van der Waals surface area contributed by atoms with Crippen LogP contribution in [-0.2, 0) is 26.2 Å². The van der Waals surface area contributed by atoms with Crippen molar-refractivity contribution in [2.75, 3.05) is 17.1 Å². The quantitative estimate of drug-likeness (QED) is 0.423. The molecule has 2 unspecified atom stereocenters. The van der Waals surface area contributed by atoms with Crippen molar-refractivity contribution in [3.05, 3.63) is 65.2 Å². The first-order valence-corrected chi connectivity index (χ1v) is 14.5. The molecule has 2 atom stereocenters. The molecule has 0 aliphatic carbocycles. The Labute approximate surface area is 216 Å². The Morgan fingerprint density at radius 2 is 1.64 bits per heavy atom. The van der Waals surface area contributed by atoms with E-state index < -0.39 is 16.1 Å². The predicted octanol–water partition coefficient (Wildman–Crippen LogP) is 4.57. The van der Waals surface area contributed by atoms with Crippen LogP contribution in [0.1, 0.15) is 63.1 Å². The number of carbonyl (C=O) groups is 2. The lowest BCUT2D eigenvalue weighted by Crippen LogP contribution is -2.50. The highest BCUT2D eigenvalue weighted by molar-refractivity contribution is 7.92. The van der Waals surface area contributed by atoms with Gasteiger partial charge in [-0.1, -0.05) is 50.2 Å². The number of amides is 2. The van der Waals surface area contributed by atoms with E-state index in [1.54, 1.807) is 11.0 Å². The second-order valence-electron chi connectivity index (χ2n) is 9.46. The van der Waals surface area contributed by atoms with Crippen LogP contribution in [0.5, 0.6) is 0 Å². The summed E-state index contributed by atoms with van der Waals surface area (Å²) in [6, 6.07) is 14.6. The van der Waals surface area contributed by atoms with Gasteiger partial charge in [-0.05, 0) is 68.9 Å². The SMILES string of the molecule is CCC(C)NC(=O)C(CC)N(Cc1ccccc1)C(=O)CCCN(c1ccc(C)c(C)c1)S(C)(=O)=O. The molecule has 2 amide bonds. The summed E-state index contributed by atoms with van der Waals surface area (Å²) in [6.07, 6.45) is 2.94. The minimum Gasteiger partial charge on any atom is -0.352 e. The Morgan fingerprint density at radius 1 is 0.972 bits per heavy atom. The van der Waals surface area contributed by atoms with Crippen LogP contribution in [-0.4, -0.2) is 50.0 Å². The van der Waals surface area contributed by atoms with Gasteiger partial charge < -0.3 is 10.2 Å². The number of aryl methyl sites for hydroxylation is 2. The first-order chi connectivity index (χ1) is 17.0. The van der Waals surface area contributed by atoms with E-state index in [4.69, 9.17) is 0 Å². The van der Waals surface area contributed by atoms with Crippen molar-refractivity contribution >= 4 is 27.5 Å². The van der Waals surface area contributed by atoms with E-state index in [2.05, 4.69) is 5.32 Å². The lowest BCUT2D eigenvalue weighted by atomic mass is 10.1. The summed E-state index contributed by atoms with van der Waals surface area (Å²) in [5.74, 6) is -0.331. The molecule has 0 fully saturated rings. The molecule has 36 heavy (non-hydrogen) atoms. The number of rotatable bonds is 13. The van der Waals surface area contributed by atoms with Gasteiger partial charge in [0.1, 0.15) is 6.04 Å². The first kappa shape index (κ1) is 29.4. The first-order valence-electron chi connectivity index (χ1n) is 12.7. The van der Waals surface area contributed by atoms with Crippen molar-refractivity contribution in [2.24, 2.45) is 0 Å². The van der Waals surface area contributed by atoms with Crippen LogP contribution in [0.4, 0.5) is 5.69 Å².